The summed E-state index contributed by atoms with van der Waals surface area (Å²) in [5, 5.41) is 7.20. The summed E-state index contributed by atoms with van der Waals surface area (Å²) in [5.41, 5.74) is 0.947. The first-order valence-corrected chi connectivity index (χ1v) is 2.82. The minimum absolute atomic E-state index is 0.100. The van der Waals surface area contributed by atoms with E-state index in [1.807, 2.05) is 0 Å². The second kappa shape index (κ2) is 1.70. The molecule has 4 nitrogen and oxygen atoms in total. The lowest BCUT2D eigenvalue weighted by Gasteiger charge is -1.85. The van der Waals surface area contributed by atoms with Crippen LogP contribution in [0, 0.1) is 5.41 Å². The lowest BCUT2D eigenvalue weighted by atomic mass is 10.5. The number of oxazole rings is 1. The molecule has 0 saturated heterocycles. The van der Waals surface area contributed by atoms with Crippen molar-refractivity contribution in [3.05, 3.63) is 30.5 Å². The molecule has 2 aromatic rings. The van der Waals surface area contributed by atoms with E-state index in [1.165, 1.54) is 6.26 Å². The summed E-state index contributed by atoms with van der Waals surface area (Å²) in [4.78, 5) is 3.83. The van der Waals surface area contributed by atoms with E-state index in [9.17, 15) is 0 Å². The van der Waals surface area contributed by atoms with Crippen molar-refractivity contribution in [3.63, 3.8) is 0 Å². The first-order chi connectivity index (χ1) is 4.88. The molecule has 0 saturated carbocycles. The van der Waals surface area contributed by atoms with Gasteiger partial charge in [0.25, 0.3) is 5.68 Å². The van der Waals surface area contributed by atoms with Gasteiger partial charge in [0.2, 0.25) is 0 Å². The van der Waals surface area contributed by atoms with Crippen LogP contribution in [-0.2, 0) is 0 Å². The van der Waals surface area contributed by atoms with Crippen molar-refractivity contribution in [3.8, 4) is 0 Å². The average molecular weight is 135 g/mol. The van der Waals surface area contributed by atoms with Crippen LogP contribution in [0.25, 0.3) is 5.52 Å². The molecule has 0 fully saturated rings. The third kappa shape index (κ3) is 0.556. The summed E-state index contributed by atoms with van der Waals surface area (Å²) >= 11 is 0. The molecule has 0 amide bonds. The Morgan fingerprint density at radius 2 is 2.50 bits per heavy atom. The molecular formula is C6H5N3O. The monoisotopic (exact) mass is 135 g/mol. The molecule has 0 spiro atoms. The summed E-state index contributed by atoms with van der Waals surface area (Å²) < 4.78 is 6.36. The predicted molar refractivity (Wildman–Crippen MR) is 33.3 cm³/mol. The Morgan fingerprint density at radius 1 is 1.60 bits per heavy atom. The van der Waals surface area contributed by atoms with Crippen molar-refractivity contribution in [1.29, 1.82) is 5.41 Å². The Labute approximate surface area is 56.3 Å². The van der Waals surface area contributed by atoms with Crippen molar-refractivity contribution in [2.75, 3.05) is 0 Å². The Bertz CT molecular complexity index is 400. The van der Waals surface area contributed by atoms with Gasteiger partial charge < -0.3 is 4.42 Å². The fraction of sp³-hybridized carbons (Fsp3) is 0. The topological polar surface area (TPSA) is 54.3 Å². The third-order valence-corrected chi connectivity index (χ3v) is 1.30. The Morgan fingerprint density at radius 3 is 3.30 bits per heavy atom. The van der Waals surface area contributed by atoms with E-state index < -0.39 is 0 Å². The Kier molecular flexibility index (Phi) is 0.887. The second-order valence-corrected chi connectivity index (χ2v) is 1.92. The highest BCUT2D eigenvalue weighted by atomic mass is 16.3. The number of aromatic nitrogens is 2. The first-order valence-electron chi connectivity index (χ1n) is 2.82. The summed E-state index contributed by atoms with van der Waals surface area (Å²) in [6.45, 7) is 0. The van der Waals surface area contributed by atoms with Gasteiger partial charge in [0.1, 0.15) is 12.6 Å². The van der Waals surface area contributed by atoms with Gasteiger partial charge in [-0.05, 0) is 6.07 Å². The molecule has 2 aromatic heterocycles. The minimum atomic E-state index is 0.100. The molecule has 0 atom stereocenters. The Balaban J connectivity index is 3.07. The summed E-state index contributed by atoms with van der Waals surface area (Å²) in [5.74, 6) is 0. The molecule has 2 heterocycles. The molecule has 0 aliphatic heterocycles. The zero-order valence-corrected chi connectivity index (χ0v) is 5.11. The van der Waals surface area contributed by atoms with E-state index in [4.69, 9.17) is 9.83 Å². The molecule has 10 heavy (non-hydrogen) atoms. The van der Waals surface area contributed by atoms with Crippen LogP contribution in [-0.4, -0.2) is 9.38 Å². The van der Waals surface area contributed by atoms with E-state index in [1.54, 1.807) is 23.0 Å². The van der Waals surface area contributed by atoms with Crippen LogP contribution in [0.4, 0.5) is 0 Å². The average Bonchev–Trinajstić information content (AvgIpc) is 2.34. The maximum Gasteiger partial charge on any atom is 0.299 e. The Hall–Kier alpha value is -1.58. The third-order valence-electron chi connectivity index (χ3n) is 1.30. The molecule has 4 heteroatoms. The van der Waals surface area contributed by atoms with E-state index in [0.717, 1.165) is 5.52 Å². The van der Waals surface area contributed by atoms with Gasteiger partial charge in [-0.25, -0.2) is 4.98 Å². The van der Waals surface area contributed by atoms with E-state index in [2.05, 4.69) is 4.98 Å². The summed E-state index contributed by atoms with van der Waals surface area (Å²) in [6, 6.07) is 1.78. The van der Waals surface area contributed by atoms with Crippen LogP contribution in [0.3, 0.4) is 0 Å². The molecule has 0 aromatic carbocycles. The maximum atomic E-state index is 7.20. The fourth-order valence-electron chi connectivity index (χ4n) is 0.810. The highest BCUT2D eigenvalue weighted by Crippen LogP contribution is 1.94. The van der Waals surface area contributed by atoms with Crippen LogP contribution in [0.2, 0.25) is 0 Å². The van der Waals surface area contributed by atoms with Gasteiger partial charge in [-0.2, -0.15) is 0 Å². The van der Waals surface area contributed by atoms with Gasteiger partial charge in [0.05, 0.1) is 5.52 Å². The number of hydrogen-bond acceptors (Lipinski definition) is 3. The molecular weight excluding hydrogens is 130 g/mol. The smallest absolute Gasteiger partial charge is 0.299 e. The van der Waals surface area contributed by atoms with E-state index in [0.29, 0.717) is 0 Å². The van der Waals surface area contributed by atoms with Gasteiger partial charge in [-0.3, -0.25) is 9.81 Å². The van der Waals surface area contributed by atoms with Gasteiger partial charge in [0, 0.05) is 6.20 Å². The maximum absolute atomic E-state index is 7.20. The second-order valence-electron chi connectivity index (χ2n) is 1.92. The molecule has 1 N–H and O–H groups in total. The van der Waals surface area contributed by atoms with E-state index in [-0.39, 0.29) is 5.68 Å². The lowest BCUT2D eigenvalue weighted by molar-refractivity contribution is 0.479. The number of rotatable bonds is 0. The molecule has 2 rings (SSSR count). The summed E-state index contributed by atoms with van der Waals surface area (Å²) in [7, 11) is 0. The van der Waals surface area contributed by atoms with Gasteiger partial charge in [0.15, 0.2) is 0 Å². The first kappa shape index (κ1) is 5.22. The molecule has 0 radical (unpaired) electrons. The van der Waals surface area contributed by atoms with Crippen molar-refractivity contribution < 1.29 is 4.42 Å². The highest BCUT2D eigenvalue weighted by molar-refractivity contribution is 5.40. The minimum Gasteiger partial charge on any atom is -0.431 e. The predicted octanol–water partition coefficient (Wildman–Crippen LogP) is 0.407. The van der Waals surface area contributed by atoms with Gasteiger partial charge in [-0.15, -0.1) is 0 Å². The molecule has 0 aliphatic carbocycles. The highest BCUT2D eigenvalue weighted by Gasteiger charge is 1.92. The van der Waals surface area contributed by atoms with Crippen LogP contribution in [0.5, 0.6) is 0 Å². The largest absolute Gasteiger partial charge is 0.431 e. The fourth-order valence-corrected chi connectivity index (χ4v) is 0.810. The van der Waals surface area contributed by atoms with Crippen molar-refractivity contribution in [2.24, 2.45) is 0 Å². The molecule has 0 unspecified atom stereocenters. The number of fused-ring (bicyclic) bond motifs is 1. The van der Waals surface area contributed by atoms with Crippen LogP contribution in [0.15, 0.2) is 29.3 Å². The quantitative estimate of drug-likeness (QED) is 0.568. The SMILES string of the molecule is N=c1occ2ccncn12. The standard InChI is InChI=1S/C6H5N3O/c7-6-9-4-8-2-1-5(9)3-10-6/h1-4,7H. The molecule has 0 bridgehead atoms. The van der Waals surface area contributed by atoms with Crippen molar-refractivity contribution in [2.45, 2.75) is 0 Å². The van der Waals surface area contributed by atoms with E-state index >= 15 is 0 Å². The number of nitrogens with one attached hydrogen (secondary N) is 1. The normalized spacial score (nSPS) is 10.4. The molecule has 50 valence electrons. The van der Waals surface area contributed by atoms with Gasteiger partial charge >= 0.3 is 0 Å². The van der Waals surface area contributed by atoms with Gasteiger partial charge in [-0.1, -0.05) is 0 Å². The number of hydrogen-bond donors (Lipinski definition) is 1. The zero-order chi connectivity index (χ0) is 6.97. The van der Waals surface area contributed by atoms with Crippen LogP contribution in [0.1, 0.15) is 0 Å². The van der Waals surface area contributed by atoms with Crippen LogP contribution < -0.4 is 5.68 Å². The molecule has 0 aliphatic rings. The number of nitrogens with zero attached hydrogens (tertiary/aromatic N) is 2. The van der Waals surface area contributed by atoms with Crippen molar-refractivity contribution in [1.82, 2.24) is 9.38 Å². The van der Waals surface area contributed by atoms with Crippen molar-refractivity contribution >= 4 is 5.52 Å². The van der Waals surface area contributed by atoms with Crippen LogP contribution >= 0.6 is 0 Å². The lowest BCUT2D eigenvalue weighted by Crippen LogP contribution is -2.05. The summed E-state index contributed by atoms with van der Waals surface area (Å²) in [6.07, 6.45) is 4.72. The zero-order valence-electron chi connectivity index (χ0n) is 5.11.